The number of hydrogen-bond donors (Lipinski definition) is 2. The number of rotatable bonds is 1. The van der Waals surface area contributed by atoms with Gasteiger partial charge >= 0.3 is 0 Å². The standard InChI is InChI=1S/C9H9ClN2/c10-9-4-7-2-1-6(5-11)3-8(7)12-9/h1-4,12H,5,11H2. The molecule has 12 heavy (non-hydrogen) atoms. The van der Waals surface area contributed by atoms with Crippen molar-refractivity contribution in [1.82, 2.24) is 4.98 Å². The molecule has 3 heteroatoms. The largest absolute Gasteiger partial charge is 0.346 e. The second-order valence-electron chi connectivity index (χ2n) is 2.74. The molecule has 1 aromatic heterocycles. The summed E-state index contributed by atoms with van der Waals surface area (Å²) in [5, 5.41) is 1.79. The number of benzene rings is 1. The molecule has 1 heterocycles. The highest BCUT2D eigenvalue weighted by Gasteiger charge is 1.98. The molecule has 0 aliphatic heterocycles. The first-order valence-corrected chi connectivity index (χ1v) is 4.14. The van der Waals surface area contributed by atoms with Gasteiger partial charge in [0, 0.05) is 17.4 Å². The van der Waals surface area contributed by atoms with Crippen molar-refractivity contribution in [2.75, 3.05) is 0 Å². The van der Waals surface area contributed by atoms with E-state index in [1.165, 1.54) is 0 Å². The van der Waals surface area contributed by atoms with Crippen LogP contribution < -0.4 is 5.73 Å². The van der Waals surface area contributed by atoms with Crippen LogP contribution in [0.15, 0.2) is 24.3 Å². The smallest absolute Gasteiger partial charge is 0.107 e. The summed E-state index contributed by atoms with van der Waals surface area (Å²) in [7, 11) is 0. The minimum atomic E-state index is 0.562. The van der Waals surface area contributed by atoms with E-state index in [4.69, 9.17) is 17.3 Å². The lowest BCUT2D eigenvalue weighted by Gasteiger charge is -1.94. The van der Waals surface area contributed by atoms with Crippen molar-refractivity contribution in [3.05, 3.63) is 35.0 Å². The molecule has 2 aromatic rings. The zero-order valence-corrected chi connectivity index (χ0v) is 7.23. The van der Waals surface area contributed by atoms with Crippen molar-refractivity contribution < 1.29 is 0 Å². The van der Waals surface area contributed by atoms with Gasteiger partial charge in [-0.3, -0.25) is 0 Å². The van der Waals surface area contributed by atoms with E-state index in [1.54, 1.807) is 0 Å². The molecule has 1 aromatic carbocycles. The van der Waals surface area contributed by atoms with Crippen LogP contribution >= 0.6 is 11.6 Å². The maximum Gasteiger partial charge on any atom is 0.107 e. The minimum Gasteiger partial charge on any atom is -0.346 e. The number of nitrogens with two attached hydrogens (primary N) is 1. The van der Waals surface area contributed by atoms with Crippen molar-refractivity contribution in [2.45, 2.75) is 6.54 Å². The van der Waals surface area contributed by atoms with Crippen molar-refractivity contribution >= 4 is 22.5 Å². The Labute approximate surface area is 75.3 Å². The van der Waals surface area contributed by atoms with Crippen molar-refractivity contribution in [3.63, 3.8) is 0 Å². The van der Waals surface area contributed by atoms with Crippen LogP contribution in [-0.2, 0) is 6.54 Å². The fourth-order valence-electron chi connectivity index (χ4n) is 1.27. The van der Waals surface area contributed by atoms with Crippen LogP contribution in [0, 0.1) is 0 Å². The second kappa shape index (κ2) is 2.81. The summed E-state index contributed by atoms with van der Waals surface area (Å²) in [4.78, 5) is 3.04. The predicted molar refractivity (Wildman–Crippen MR) is 51.2 cm³/mol. The summed E-state index contributed by atoms with van der Waals surface area (Å²) in [5.41, 5.74) is 7.66. The first kappa shape index (κ1) is 7.65. The Morgan fingerprint density at radius 3 is 2.92 bits per heavy atom. The normalized spacial score (nSPS) is 10.8. The number of nitrogens with one attached hydrogen (secondary N) is 1. The molecule has 2 rings (SSSR count). The van der Waals surface area contributed by atoms with Gasteiger partial charge < -0.3 is 10.7 Å². The Kier molecular flexibility index (Phi) is 1.79. The van der Waals surface area contributed by atoms with Crippen molar-refractivity contribution in [2.24, 2.45) is 5.73 Å². The molecule has 0 radical (unpaired) electrons. The minimum absolute atomic E-state index is 0.562. The van der Waals surface area contributed by atoms with E-state index in [-0.39, 0.29) is 0 Å². The molecule has 0 saturated carbocycles. The van der Waals surface area contributed by atoms with Gasteiger partial charge in [0.2, 0.25) is 0 Å². The fourth-order valence-corrected chi connectivity index (χ4v) is 1.49. The number of aromatic amines is 1. The molecular weight excluding hydrogens is 172 g/mol. The van der Waals surface area contributed by atoms with Gasteiger partial charge in [-0.1, -0.05) is 23.7 Å². The zero-order chi connectivity index (χ0) is 8.55. The molecule has 0 amide bonds. The highest BCUT2D eigenvalue weighted by Crippen LogP contribution is 2.19. The molecule has 0 aliphatic carbocycles. The Hall–Kier alpha value is -0.990. The summed E-state index contributed by atoms with van der Waals surface area (Å²) in [6.07, 6.45) is 0. The van der Waals surface area contributed by atoms with Crippen LogP contribution in [-0.4, -0.2) is 4.98 Å². The number of hydrogen-bond acceptors (Lipinski definition) is 1. The number of halogens is 1. The van der Waals surface area contributed by atoms with E-state index in [0.717, 1.165) is 16.5 Å². The van der Waals surface area contributed by atoms with E-state index in [1.807, 2.05) is 24.3 Å². The van der Waals surface area contributed by atoms with E-state index in [2.05, 4.69) is 4.98 Å². The molecule has 0 bridgehead atoms. The average Bonchev–Trinajstić information content (AvgIpc) is 2.43. The van der Waals surface area contributed by atoms with Gasteiger partial charge in [-0.25, -0.2) is 0 Å². The molecule has 0 saturated heterocycles. The van der Waals surface area contributed by atoms with Crippen LogP contribution in [0.2, 0.25) is 5.15 Å². The Bertz CT molecular complexity index is 406. The van der Waals surface area contributed by atoms with Crippen LogP contribution in [0.1, 0.15) is 5.56 Å². The molecule has 0 fully saturated rings. The van der Waals surface area contributed by atoms with E-state index < -0.39 is 0 Å². The lowest BCUT2D eigenvalue weighted by atomic mass is 10.2. The molecule has 0 aliphatic rings. The first-order valence-electron chi connectivity index (χ1n) is 3.77. The van der Waals surface area contributed by atoms with E-state index in [9.17, 15) is 0 Å². The SMILES string of the molecule is NCc1ccc2cc(Cl)[nH]c2c1. The van der Waals surface area contributed by atoms with Gasteiger partial charge in [0.1, 0.15) is 5.15 Å². The highest BCUT2D eigenvalue weighted by molar-refractivity contribution is 6.30. The van der Waals surface area contributed by atoms with Gasteiger partial charge in [-0.05, 0) is 17.7 Å². The third-order valence-electron chi connectivity index (χ3n) is 1.89. The van der Waals surface area contributed by atoms with Gasteiger partial charge in [0.05, 0.1) is 0 Å². The quantitative estimate of drug-likeness (QED) is 0.695. The summed E-state index contributed by atoms with van der Waals surface area (Å²) in [6.45, 7) is 0.562. The first-order chi connectivity index (χ1) is 5.79. The summed E-state index contributed by atoms with van der Waals surface area (Å²) in [6, 6.07) is 7.94. The molecule has 0 atom stereocenters. The van der Waals surface area contributed by atoms with Crippen LogP contribution in [0.25, 0.3) is 10.9 Å². The third kappa shape index (κ3) is 1.19. The van der Waals surface area contributed by atoms with Gasteiger partial charge in [-0.2, -0.15) is 0 Å². The number of aromatic nitrogens is 1. The highest BCUT2D eigenvalue weighted by atomic mass is 35.5. The molecular formula is C9H9ClN2. The summed E-state index contributed by atoms with van der Waals surface area (Å²) < 4.78 is 0. The maximum absolute atomic E-state index is 5.79. The maximum atomic E-state index is 5.79. The molecule has 0 unspecified atom stereocenters. The monoisotopic (exact) mass is 180 g/mol. The fraction of sp³-hybridized carbons (Fsp3) is 0.111. The lowest BCUT2D eigenvalue weighted by Crippen LogP contribution is -1.94. The molecule has 3 N–H and O–H groups in total. The average molecular weight is 181 g/mol. The topological polar surface area (TPSA) is 41.8 Å². The third-order valence-corrected chi connectivity index (χ3v) is 2.09. The molecule has 2 nitrogen and oxygen atoms in total. The van der Waals surface area contributed by atoms with E-state index in [0.29, 0.717) is 11.7 Å². The predicted octanol–water partition coefficient (Wildman–Crippen LogP) is 2.28. The van der Waals surface area contributed by atoms with Gasteiger partial charge in [0.15, 0.2) is 0 Å². The van der Waals surface area contributed by atoms with Crippen LogP contribution in [0.5, 0.6) is 0 Å². The van der Waals surface area contributed by atoms with Crippen molar-refractivity contribution in [3.8, 4) is 0 Å². The van der Waals surface area contributed by atoms with Gasteiger partial charge in [0.25, 0.3) is 0 Å². The van der Waals surface area contributed by atoms with Crippen molar-refractivity contribution in [1.29, 1.82) is 0 Å². The summed E-state index contributed by atoms with van der Waals surface area (Å²) >= 11 is 5.79. The Morgan fingerprint density at radius 1 is 1.33 bits per heavy atom. The summed E-state index contributed by atoms with van der Waals surface area (Å²) in [5.74, 6) is 0. The van der Waals surface area contributed by atoms with Crippen LogP contribution in [0.4, 0.5) is 0 Å². The number of fused-ring (bicyclic) bond motifs is 1. The Morgan fingerprint density at radius 2 is 2.17 bits per heavy atom. The second-order valence-corrected chi connectivity index (χ2v) is 3.15. The zero-order valence-electron chi connectivity index (χ0n) is 6.47. The van der Waals surface area contributed by atoms with E-state index >= 15 is 0 Å². The lowest BCUT2D eigenvalue weighted by molar-refractivity contribution is 1.07. The Balaban J connectivity index is 2.66. The molecule has 0 spiro atoms. The number of H-pyrrole nitrogens is 1. The van der Waals surface area contributed by atoms with Crippen LogP contribution in [0.3, 0.4) is 0 Å². The molecule has 62 valence electrons. The van der Waals surface area contributed by atoms with Gasteiger partial charge in [-0.15, -0.1) is 0 Å².